The van der Waals surface area contributed by atoms with E-state index in [1.54, 1.807) is 0 Å². The first-order valence-corrected chi connectivity index (χ1v) is 7.06. The molecular weight excluding hydrogens is 196 g/mol. The first-order chi connectivity index (χ1) is 7.38. The van der Waals surface area contributed by atoms with Crippen molar-refractivity contribution in [3.63, 3.8) is 0 Å². The van der Waals surface area contributed by atoms with Crippen molar-refractivity contribution in [1.82, 2.24) is 0 Å². The van der Waals surface area contributed by atoms with Crippen LogP contribution in [-0.2, 0) is 4.74 Å². The van der Waals surface area contributed by atoms with Crippen molar-refractivity contribution in [1.29, 1.82) is 0 Å². The summed E-state index contributed by atoms with van der Waals surface area (Å²) in [5, 5.41) is 0. The minimum Gasteiger partial charge on any atom is -0.366 e. The highest BCUT2D eigenvalue weighted by atomic mass is 16.6. The highest BCUT2D eigenvalue weighted by Crippen LogP contribution is 2.71. The van der Waals surface area contributed by atoms with Gasteiger partial charge in [-0.2, -0.15) is 0 Å². The van der Waals surface area contributed by atoms with Crippen LogP contribution in [0.4, 0.5) is 0 Å². The van der Waals surface area contributed by atoms with E-state index < -0.39 is 0 Å². The van der Waals surface area contributed by atoms with Gasteiger partial charge in [-0.25, -0.2) is 0 Å². The highest BCUT2D eigenvalue weighted by molar-refractivity contribution is 5.21. The summed E-state index contributed by atoms with van der Waals surface area (Å²) in [5.74, 6) is 1.78. The Balaban J connectivity index is 2.04. The normalized spacial score (nSPS) is 57.9. The van der Waals surface area contributed by atoms with Crippen LogP contribution in [-0.4, -0.2) is 11.7 Å². The van der Waals surface area contributed by atoms with Gasteiger partial charge in [-0.15, -0.1) is 0 Å². The number of hydrogen-bond acceptors (Lipinski definition) is 1. The summed E-state index contributed by atoms with van der Waals surface area (Å²) in [6.07, 6.45) is 6.09. The average molecular weight is 222 g/mol. The predicted octanol–water partition coefficient (Wildman–Crippen LogP) is 4.02. The second kappa shape index (κ2) is 2.85. The highest BCUT2D eigenvalue weighted by Gasteiger charge is 2.73. The molecule has 0 aromatic rings. The monoisotopic (exact) mass is 222 g/mol. The van der Waals surface area contributed by atoms with Gasteiger partial charge in [0.15, 0.2) is 0 Å². The molecule has 92 valence electrons. The molecule has 2 aliphatic carbocycles. The summed E-state index contributed by atoms with van der Waals surface area (Å²) < 4.78 is 6.09. The maximum Gasteiger partial charge on any atom is 0.0973 e. The van der Waals surface area contributed by atoms with Gasteiger partial charge in [0.25, 0.3) is 0 Å². The first-order valence-electron chi connectivity index (χ1n) is 7.06. The van der Waals surface area contributed by atoms with E-state index in [1.807, 2.05) is 0 Å². The third-order valence-corrected chi connectivity index (χ3v) is 6.88. The molecule has 5 atom stereocenters. The Morgan fingerprint density at radius 3 is 2.50 bits per heavy atom. The fourth-order valence-electron chi connectivity index (χ4n) is 5.25. The molecule has 2 saturated carbocycles. The van der Waals surface area contributed by atoms with Gasteiger partial charge in [0, 0.05) is 0 Å². The molecule has 1 heterocycles. The zero-order chi connectivity index (χ0) is 11.8. The van der Waals surface area contributed by atoms with Crippen molar-refractivity contribution in [2.24, 2.45) is 22.7 Å². The number of rotatable bonds is 1. The molecule has 0 radical (unpaired) electrons. The van der Waals surface area contributed by atoms with E-state index >= 15 is 0 Å². The summed E-state index contributed by atoms with van der Waals surface area (Å²) in [6, 6.07) is 0. The van der Waals surface area contributed by atoms with E-state index in [4.69, 9.17) is 4.74 Å². The molecule has 1 heteroatoms. The van der Waals surface area contributed by atoms with Crippen molar-refractivity contribution in [3.05, 3.63) is 0 Å². The molecule has 1 aliphatic heterocycles. The lowest BCUT2D eigenvalue weighted by Gasteiger charge is -2.51. The zero-order valence-corrected chi connectivity index (χ0v) is 11.5. The van der Waals surface area contributed by atoms with E-state index in [2.05, 4.69) is 34.6 Å². The first kappa shape index (κ1) is 11.1. The van der Waals surface area contributed by atoms with Crippen LogP contribution in [0.15, 0.2) is 0 Å². The molecule has 0 spiro atoms. The minimum atomic E-state index is 0.195. The average Bonchev–Trinajstić information content (AvgIpc) is 2.76. The standard InChI is InChI=1S/C15H26O/c1-6-15-9-12-14(5,16-12)13(3,4)11(15)8-7-10(15)2/h10-12H,6-9H2,1-5H3/t10-,11?,12?,14?,15-/m1/s1. The van der Waals surface area contributed by atoms with Gasteiger partial charge in [-0.1, -0.05) is 27.7 Å². The SMILES string of the molecule is CC[C@]12CC3OC3(C)C(C)(C)C1CC[C@H]2C. The van der Waals surface area contributed by atoms with Crippen molar-refractivity contribution < 1.29 is 4.74 Å². The van der Waals surface area contributed by atoms with Crippen LogP contribution in [0.3, 0.4) is 0 Å². The van der Waals surface area contributed by atoms with Crippen LogP contribution in [0, 0.1) is 22.7 Å². The van der Waals surface area contributed by atoms with E-state index in [0.717, 1.165) is 11.8 Å². The molecule has 3 unspecified atom stereocenters. The molecule has 1 nitrogen and oxygen atoms in total. The lowest BCUT2D eigenvalue weighted by Crippen LogP contribution is -2.51. The quantitative estimate of drug-likeness (QED) is 0.611. The maximum atomic E-state index is 6.09. The lowest BCUT2D eigenvalue weighted by atomic mass is 9.51. The van der Waals surface area contributed by atoms with Gasteiger partial charge in [0.05, 0.1) is 11.7 Å². The van der Waals surface area contributed by atoms with Gasteiger partial charge in [0.2, 0.25) is 0 Å². The Morgan fingerprint density at radius 1 is 1.19 bits per heavy atom. The summed E-state index contributed by atoms with van der Waals surface area (Å²) >= 11 is 0. The Hall–Kier alpha value is -0.0400. The Labute approximate surface area is 99.9 Å². The maximum absolute atomic E-state index is 6.09. The molecule has 3 aliphatic rings. The Bertz CT molecular complexity index is 321. The van der Waals surface area contributed by atoms with Crippen molar-refractivity contribution >= 4 is 0 Å². The molecule has 0 bridgehead atoms. The van der Waals surface area contributed by atoms with Crippen LogP contribution >= 0.6 is 0 Å². The smallest absolute Gasteiger partial charge is 0.0973 e. The fraction of sp³-hybridized carbons (Fsp3) is 1.00. The van der Waals surface area contributed by atoms with E-state index in [-0.39, 0.29) is 5.60 Å². The van der Waals surface area contributed by atoms with Crippen molar-refractivity contribution in [3.8, 4) is 0 Å². The third kappa shape index (κ3) is 0.978. The number of epoxide rings is 1. The van der Waals surface area contributed by atoms with Crippen LogP contribution < -0.4 is 0 Å². The molecule has 0 amide bonds. The molecule has 3 fully saturated rings. The van der Waals surface area contributed by atoms with Gasteiger partial charge < -0.3 is 4.74 Å². The number of ether oxygens (including phenoxy) is 1. The molecule has 0 N–H and O–H groups in total. The summed E-state index contributed by atoms with van der Waals surface area (Å²) in [5.41, 5.74) is 1.15. The van der Waals surface area contributed by atoms with Crippen molar-refractivity contribution in [2.45, 2.75) is 72.0 Å². The second-order valence-corrected chi connectivity index (χ2v) is 7.26. The molecule has 0 aromatic carbocycles. The second-order valence-electron chi connectivity index (χ2n) is 7.26. The minimum absolute atomic E-state index is 0.195. The van der Waals surface area contributed by atoms with Crippen LogP contribution in [0.1, 0.15) is 60.3 Å². The predicted molar refractivity (Wildman–Crippen MR) is 66.3 cm³/mol. The molecule has 16 heavy (non-hydrogen) atoms. The van der Waals surface area contributed by atoms with Crippen LogP contribution in [0.25, 0.3) is 0 Å². The van der Waals surface area contributed by atoms with Crippen LogP contribution in [0.5, 0.6) is 0 Å². The molecular formula is C15H26O. The summed E-state index contributed by atoms with van der Waals surface area (Å²) in [4.78, 5) is 0. The third-order valence-electron chi connectivity index (χ3n) is 6.88. The number of hydrogen-bond donors (Lipinski definition) is 0. The lowest BCUT2D eigenvalue weighted by molar-refractivity contribution is -0.0242. The topological polar surface area (TPSA) is 12.5 Å². The van der Waals surface area contributed by atoms with Gasteiger partial charge in [-0.05, 0) is 55.3 Å². The van der Waals surface area contributed by atoms with E-state index in [1.165, 1.54) is 25.7 Å². The fourth-order valence-corrected chi connectivity index (χ4v) is 5.25. The van der Waals surface area contributed by atoms with Gasteiger partial charge in [0.1, 0.15) is 0 Å². The van der Waals surface area contributed by atoms with Crippen LogP contribution in [0.2, 0.25) is 0 Å². The Morgan fingerprint density at radius 2 is 1.88 bits per heavy atom. The largest absolute Gasteiger partial charge is 0.366 e. The number of fused-ring (bicyclic) bond motifs is 2. The van der Waals surface area contributed by atoms with Gasteiger partial charge in [-0.3, -0.25) is 0 Å². The summed E-state index contributed by atoms with van der Waals surface area (Å²) in [7, 11) is 0. The van der Waals surface area contributed by atoms with Gasteiger partial charge >= 0.3 is 0 Å². The molecule has 3 rings (SSSR count). The molecule has 1 saturated heterocycles. The van der Waals surface area contributed by atoms with Crippen molar-refractivity contribution in [2.75, 3.05) is 0 Å². The van der Waals surface area contributed by atoms with E-state index in [9.17, 15) is 0 Å². The van der Waals surface area contributed by atoms with E-state index in [0.29, 0.717) is 16.9 Å². The summed E-state index contributed by atoms with van der Waals surface area (Å²) in [6.45, 7) is 12.1. The zero-order valence-electron chi connectivity index (χ0n) is 11.5. The Kier molecular flexibility index (Phi) is 1.98. The molecule has 0 aromatic heterocycles.